The summed E-state index contributed by atoms with van der Waals surface area (Å²) in [6.45, 7) is 0.526. The molecule has 3 N–H and O–H groups in total. The zero-order valence-corrected chi connectivity index (χ0v) is 12.1. The Labute approximate surface area is 123 Å². The van der Waals surface area contributed by atoms with Gasteiger partial charge in [-0.1, -0.05) is 18.2 Å². The molecule has 0 fully saturated rings. The largest absolute Gasteiger partial charge is 0.434 e. The van der Waals surface area contributed by atoms with E-state index in [1.807, 2.05) is 0 Å². The predicted octanol–water partition coefficient (Wildman–Crippen LogP) is 2.62. The maximum absolute atomic E-state index is 12.3. The van der Waals surface area contributed by atoms with Crippen LogP contribution in [-0.2, 0) is 4.79 Å². The molecular formula is C13H19ClF2N2O2. The molecule has 1 amide bonds. The van der Waals surface area contributed by atoms with Crippen LogP contribution in [0.25, 0.3) is 0 Å². The molecule has 2 unspecified atom stereocenters. The summed E-state index contributed by atoms with van der Waals surface area (Å²) in [5.74, 6) is -0.166. The average molecular weight is 309 g/mol. The van der Waals surface area contributed by atoms with Gasteiger partial charge in [-0.25, -0.2) is 0 Å². The molecule has 1 aromatic rings. The first kappa shape index (κ1) is 18.6. The van der Waals surface area contributed by atoms with Gasteiger partial charge in [-0.3, -0.25) is 4.79 Å². The lowest BCUT2D eigenvalue weighted by Crippen LogP contribution is -2.32. The van der Waals surface area contributed by atoms with Crippen LogP contribution in [0.3, 0.4) is 0 Å². The number of para-hydroxylation sites is 1. The van der Waals surface area contributed by atoms with Gasteiger partial charge >= 0.3 is 6.61 Å². The molecule has 7 heteroatoms. The first-order valence-electron chi connectivity index (χ1n) is 5.98. The van der Waals surface area contributed by atoms with E-state index in [0.29, 0.717) is 5.56 Å². The maximum atomic E-state index is 12.3. The lowest BCUT2D eigenvalue weighted by Gasteiger charge is -2.18. The van der Waals surface area contributed by atoms with Crippen LogP contribution in [0, 0.1) is 0 Å². The summed E-state index contributed by atoms with van der Waals surface area (Å²) in [5.41, 5.74) is 6.02. The quantitative estimate of drug-likeness (QED) is 0.849. The minimum atomic E-state index is -2.90. The Bertz CT molecular complexity index is 431. The SMILES string of the molecule is CC(N)CC(=O)NC(C)c1ccccc1OC(F)F.Cl. The van der Waals surface area contributed by atoms with Gasteiger partial charge in [-0.05, 0) is 19.9 Å². The van der Waals surface area contributed by atoms with Crippen molar-refractivity contribution in [3.05, 3.63) is 29.8 Å². The molecule has 20 heavy (non-hydrogen) atoms. The van der Waals surface area contributed by atoms with E-state index < -0.39 is 12.7 Å². The fourth-order valence-electron chi connectivity index (χ4n) is 1.71. The van der Waals surface area contributed by atoms with E-state index in [1.54, 1.807) is 32.0 Å². The third-order valence-corrected chi connectivity index (χ3v) is 2.49. The third-order valence-electron chi connectivity index (χ3n) is 2.49. The number of nitrogens with one attached hydrogen (secondary N) is 1. The number of hydrogen-bond acceptors (Lipinski definition) is 3. The second-order valence-corrected chi connectivity index (χ2v) is 4.39. The Balaban J connectivity index is 0.00000361. The minimum Gasteiger partial charge on any atom is -0.434 e. The number of benzene rings is 1. The van der Waals surface area contributed by atoms with Gasteiger partial charge in [0.1, 0.15) is 5.75 Å². The third kappa shape index (κ3) is 6.16. The molecule has 0 saturated heterocycles. The van der Waals surface area contributed by atoms with E-state index in [2.05, 4.69) is 10.1 Å². The number of alkyl halides is 2. The van der Waals surface area contributed by atoms with E-state index in [0.717, 1.165) is 0 Å². The monoisotopic (exact) mass is 308 g/mol. The maximum Gasteiger partial charge on any atom is 0.387 e. The summed E-state index contributed by atoms with van der Waals surface area (Å²) < 4.78 is 29.0. The summed E-state index contributed by atoms with van der Waals surface area (Å²) in [6.07, 6.45) is 0.183. The standard InChI is InChI=1S/C13H18F2N2O2.ClH/c1-8(16)7-12(18)17-9(2)10-5-3-4-6-11(10)19-13(14)15;/h3-6,8-9,13H,7,16H2,1-2H3,(H,17,18);1H. The molecule has 0 radical (unpaired) electrons. The van der Waals surface area contributed by atoms with Crippen molar-refractivity contribution in [2.24, 2.45) is 5.73 Å². The molecule has 1 aromatic carbocycles. The number of carbonyl (C=O) groups excluding carboxylic acids is 1. The summed E-state index contributed by atoms with van der Waals surface area (Å²) in [6, 6.07) is 5.69. The highest BCUT2D eigenvalue weighted by molar-refractivity contribution is 5.85. The van der Waals surface area contributed by atoms with Crippen molar-refractivity contribution >= 4 is 18.3 Å². The van der Waals surface area contributed by atoms with Crippen LogP contribution in [0.5, 0.6) is 5.75 Å². The van der Waals surface area contributed by atoms with Gasteiger partial charge in [-0.15, -0.1) is 12.4 Å². The predicted molar refractivity (Wildman–Crippen MR) is 75.1 cm³/mol. The smallest absolute Gasteiger partial charge is 0.387 e. The van der Waals surface area contributed by atoms with Crippen LogP contribution in [0.4, 0.5) is 8.78 Å². The van der Waals surface area contributed by atoms with Crippen molar-refractivity contribution in [3.8, 4) is 5.75 Å². The van der Waals surface area contributed by atoms with Crippen molar-refractivity contribution in [3.63, 3.8) is 0 Å². The molecule has 0 bridgehead atoms. The first-order chi connectivity index (χ1) is 8.90. The van der Waals surface area contributed by atoms with Crippen LogP contribution >= 0.6 is 12.4 Å². The van der Waals surface area contributed by atoms with Gasteiger partial charge in [0, 0.05) is 18.0 Å². The number of nitrogens with two attached hydrogens (primary N) is 1. The van der Waals surface area contributed by atoms with Crippen molar-refractivity contribution < 1.29 is 18.3 Å². The molecule has 1 rings (SSSR count). The van der Waals surface area contributed by atoms with Gasteiger partial charge in [0.2, 0.25) is 5.91 Å². The zero-order valence-electron chi connectivity index (χ0n) is 11.3. The summed E-state index contributed by atoms with van der Waals surface area (Å²) in [5, 5.41) is 2.70. The lowest BCUT2D eigenvalue weighted by molar-refractivity contribution is -0.122. The second-order valence-electron chi connectivity index (χ2n) is 4.39. The molecule has 0 aromatic heterocycles. The van der Waals surface area contributed by atoms with Crippen LogP contribution in [0.1, 0.15) is 31.9 Å². The van der Waals surface area contributed by atoms with Gasteiger partial charge in [0.15, 0.2) is 0 Å². The van der Waals surface area contributed by atoms with Crippen molar-refractivity contribution in [1.82, 2.24) is 5.32 Å². The van der Waals surface area contributed by atoms with Crippen molar-refractivity contribution in [2.45, 2.75) is 39.0 Å². The highest BCUT2D eigenvalue weighted by Crippen LogP contribution is 2.26. The Kier molecular flexibility index (Phi) is 8.10. The molecule has 4 nitrogen and oxygen atoms in total. The molecule has 0 aliphatic heterocycles. The summed E-state index contributed by atoms with van der Waals surface area (Å²) in [4.78, 5) is 11.6. The molecule has 114 valence electrons. The fraction of sp³-hybridized carbons (Fsp3) is 0.462. The van der Waals surface area contributed by atoms with Gasteiger partial charge in [-0.2, -0.15) is 8.78 Å². The second kappa shape index (κ2) is 8.71. The number of hydrogen-bond donors (Lipinski definition) is 2. The zero-order chi connectivity index (χ0) is 14.4. The van der Waals surface area contributed by atoms with Crippen LogP contribution in [-0.4, -0.2) is 18.6 Å². The summed E-state index contributed by atoms with van der Waals surface area (Å²) >= 11 is 0. The molecule has 0 aliphatic carbocycles. The molecule has 0 spiro atoms. The van der Waals surface area contributed by atoms with Crippen molar-refractivity contribution in [2.75, 3.05) is 0 Å². The average Bonchev–Trinajstić information content (AvgIpc) is 2.27. The molecule has 0 saturated carbocycles. The van der Waals surface area contributed by atoms with Gasteiger partial charge in [0.25, 0.3) is 0 Å². The highest BCUT2D eigenvalue weighted by Gasteiger charge is 2.16. The van der Waals surface area contributed by atoms with Gasteiger partial charge < -0.3 is 15.8 Å². The van der Waals surface area contributed by atoms with E-state index in [9.17, 15) is 13.6 Å². The van der Waals surface area contributed by atoms with E-state index in [-0.39, 0.29) is 36.5 Å². The van der Waals surface area contributed by atoms with Crippen LogP contribution in [0.15, 0.2) is 24.3 Å². The van der Waals surface area contributed by atoms with E-state index >= 15 is 0 Å². The topological polar surface area (TPSA) is 64.4 Å². The molecule has 0 aliphatic rings. The van der Waals surface area contributed by atoms with Crippen molar-refractivity contribution in [1.29, 1.82) is 0 Å². The Morgan fingerprint density at radius 3 is 2.50 bits per heavy atom. The normalized spacial score (nSPS) is 13.3. The van der Waals surface area contributed by atoms with Gasteiger partial charge in [0.05, 0.1) is 6.04 Å². The molecular weight excluding hydrogens is 290 g/mol. The Hall–Kier alpha value is -1.40. The van der Waals surface area contributed by atoms with Crippen LogP contribution < -0.4 is 15.8 Å². The number of halogens is 3. The number of ether oxygens (including phenoxy) is 1. The molecule has 0 heterocycles. The Morgan fingerprint density at radius 1 is 1.35 bits per heavy atom. The fourth-order valence-corrected chi connectivity index (χ4v) is 1.71. The van der Waals surface area contributed by atoms with E-state index in [1.165, 1.54) is 6.07 Å². The van der Waals surface area contributed by atoms with Crippen LogP contribution in [0.2, 0.25) is 0 Å². The lowest BCUT2D eigenvalue weighted by atomic mass is 10.1. The number of rotatable bonds is 6. The minimum absolute atomic E-state index is 0. The number of carbonyl (C=O) groups is 1. The molecule has 2 atom stereocenters. The number of amides is 1. The first-order valence-corrected chi connectivity index (χ1v) is 5.98. The highest BCUT2D eigenvalue weighted by atomic mass is 35.5. The Morgan fingerprint density at radius 2 is 1.95 bits per heavy atom. The van der Waals surface area contributed by atoms with E-state index in [4.69, 9.17) is 5.73 Å². The summed E-state index contributed by atoms with van der Waals surface area (Å²) in [7, 11) is 0.